The molecule has 0 saturated carbocycles. The Morgan fingerprint density at radius 3 is 2.13 bits per heavy atom. The van der Waals surface area contributed by atoms with Crippen molar-refractivity contribution in [3.05, 3.63) is 95.3 Å². The Morgan fingerprint density at radius 2 is 1.53 bits per heavy atom. The van der Waals surface area contributed by atoms with Crippen LogP contribution >= 0.6 is 0 Å². The summed E-state index contributed by atoms with van der Waals surface area (Å²) in [4.78, 5) is 1.51. The number of allylic oxidation sites excluding steroid dienone is 8. The van der Waals surface area contributed by atoms with E-state index in [1.54, 1.807) is 12.1 Å². The van der Waals surface area contributed by atoms with E-state index < -0.39 is 58.3 Å². The van der Waals surface area contributed by atoms with Gasteiger partial charge in [-0.2, -0.15) is 25.6 Å². The van der Waals surface area contributed by atoms with Crippen molar-refractivity contribution in [1.29, 1.82) is 0 Å². The molecule has 2 aromatic rings. The van der Waals surface area contributed by atoms with Gasteiger partial charge in [0.15, 0.2) is 5.71 Å². The summed E-state index contributed by atoms with van der Waals surface area (Å²) in [6, 6.07) is 8.84. The summed E-state index contributed by atoms with van der Waals surface area (Å²) in [6.45, 7) is 10.7. The van der Waals surface area contributed by atoms with E-state index in [0.29, 0.717) is 55.6 Å². The maximum absolute atomic E-state index is 12.0. The minimum absolute atomic E-state index is 0.0869. The molecule has 2 aliphatic heterocycles. The van der Waals surface area contributed by atoms with Crippen molar-refractivity contribution < 1.29 is 56.4 Å². The van der Waals surface area contributed by atoms with Gasteiger partial charge in [0.05, 0.1) is 31.9 Å². The first kappa shape index (κ1) is 44.4. The molecule has 0 amide bonds. The summed E-state index contributed by atoms with van der Waals surface area (Å²) in [5.41, 5.74) is 4.11. The number of anilines is 1. The summed E-state index contributed by atoms with van der Waals surface area (Å²) >= 11 is -2.36. The molecule has 1 unspecified atom stereocenters. The van der Waals surface area contributed by atoms with E-state index in [-0.39, 0.29) is 22.8 Å². The molecule has 4 rings (SSSR count). The Balaban J connectivity index is 1.66. The first-order valence-electron chi connectivity index (χ1n) is 17.6. The van der Waals surface area contributed by atoms with Crippen LogP contribution < -0.4 is 4.90 Å². The van der Waals surface area contributed by atoms with Gasteiger partial charge in [-0.15, -0.1) is 0 Å². The van der Waals surface area contributed by atoms with Gasteiger partial charge in [0, 0.05) is 53.2 Å². The van der Waals surface area contributed by atoms with E-state index in [0.717, 1.165) is 22.7 Å². The average molecular weight is 841 g/mol. The van der Waals surface area contributed by atoms with E-state index >= 15 is 0 Å². The van der Waals surface area contributed by atoms with Crippen LogP contribution in [0.1, 0.15) is 77.8 Å². The largest absolute Gasteiger partial charge is 0.748 e. The van der Waals surface area contributed by atoms with Crippen LogP contribution in [-0.4, -0.2) is 83.4 Å². The molecule has 3 N–H and O–H groups in total. The third-order valence-electron chi connectivity index (χ3n) is 9.85. The van der Waals surface area contributed by atoms with Gasteiger partial charge in [-0.25, -0.2) is 8.42 Å². The Hall–Kier alpha value is -3.33. The van der Waals surface area contributed by atoms with Crippen LogP contribution in [-0.2, 0) is 56.7 Å². The zero-order valence-corrected chi connectivity index (χ0v) is 34.6. The first-order valence-corrected chi connectivity index (χ1v) is 23.1. The van der Waals surface area contributed by atoms with Gasteiger partial charge in [-0.1, -0.05) is 45.1 Å². The highest BCUT2D eigenvalue weighted by Crippen LogP contribution is 2.48. The lowest BCUT2D eigenvalue weighted by Gasteiger charge is -2.27. The molecule has 14 nitrogen and oxygen atoms in total. The second-order valence-electron chi connectivity index (χ2n) is 14.3. The summed E-state index contributed by atoms with van der Waals surface area (Å²) in [5.74, 6) is -0.496. The van der Waals surface area contributed by atoms with Gasteiger partial charge in [0.2, 0.25) is 5.69 Å². The highest BCUT2D eigenvalue weighted by Gasteiger charge is 2.45. The lowest BCUT2D eigenvalue weighted by Crippen LogP contribution is -2.28. The number of fused-ring (bicyclic) bond motifs is 2. The maximum Gasteiger partial charge on any atom is 0.301 e. The number of unbranched alkanes of at least 4 members (excludes halogenated alkanes) is 2. The quantitative estimate of drug-likeness (QED) is 0.0521. The second kappa shape index (κ2) is 17.4. The number of nitrogens with zero attached hydrogens (tertiary/aromatic N) is 2. The van der Waals surface area contributed by atoms with Gasteiger partial charge >= 0.3 is 11.4 Å². The molecule has 302 valence electrons. The molecule has 2 aliphatic rings. The minimum atomic E-state index is -4.47. The molecule has 2 heterocycles. The molecular formula is C37H48N2O12S4. The summed E-state index contributed by atoms with van der Waals surface area (Å²) in [6.07, 6.45) is 13.8. The van der Waals surface area contributed by atoms with Crippen LogP contribution in [0.15, 0.2) is 93.9 Å². The van der Waals surface area contributed by atoms with Crippen LogP contribution in [0, 0.1) is 0 Å². The van der Waals surface area contributed by atoms with Crippen molar-refractivity contribution in [3.63, 3.8) is 0 Å². The molecule has 1 atom stereocenters. The van der Waals surface area contributed by atoms with Crippen LogP contribution in [0.3, 0.4) is 0 Å². The SMILES string of the molecule is CCC(C=C/C=C1/N(CCCCS(=O)(=O)[O-])c2ccc(S(=O)(=O)O)cc2C1(C)C)=CC=CC1=[N+](CCCCOS(=O)O)c2ccc(S(=O)(=O)O)cc2C1(C)C. The van der Waals surface area contributed by atoms with E-state index in [4.69, 9.17) is 8.74 Å². The lowest BCUT2D eigenvalue weighted by atomic mass is 9.81. The van der Waals surface area contributed by atoms with Gasteiger partial charge in [-0.3, -0.25) is 17.8 Å². The smallest absolute Gasteiger partial charge is 0.301 e. The van der Waals surface area contributed by atoms with Crippen LogP contribution in [0.2, 0.25) is 0 Å². The fourth-order valence-electron chi connectivity index (χ4n) is 6.98. The Morgan fingerprint density at radius 1 is 0.891 bits per heavy atom. The fraction of sp³-hybridized carbons (Fsp3) is 0.432. The molecule has 0 saturated heterocycles. The van der Waals surface area contributed by atoms with Crippen LogP contribution in [0.5, 0.6) is 0 Å². The average Bonchev–Trinajstić information content (AvgIpc) is 3.42. The normalized spacial score (nSPS) is 18.5. The van der Waals surface area contributed by atoms with E-state index in [2.05, 4.69) is 4.58 Å². The van der Waals surface area contributed by atoms with Gasteiger partial charge < -0.3 is 9.45 Å². The minimum Gasteiger partial charge on any atom is -0.748 e. The van der Waals surface area contributed by atoms with Crippen LogP contribution in [0.4, 0.5) is 11.4 Å². The van der Waals surface area contributed by atoms with Crippen molar-refractivity contribution >= 4 is 58.8 Å². The van der Waals surface area contributed by atoms with Crippen molar-refractivity contribution in [2.75, 3.05) is 30.3 Å². The molecule has 0 fully saturated rings. The van der Waals surface area contributed by atoms with Gasteiger partial charge in [0.1, 0.15) is 6.54 Å². The number of benzene rings is 2. The number of hydrogen-bond donors (Lipinski definition) is 3. The monoisotopic (exact) mass is 840 g/mol. The number of hydrogen-bond acceptors (Lipinski definition) is 10. The molecule has 2 aromatic carbocycles. The summed E-state index contributed by atoms with van der Waals surface area (Å²) in [5, 5.41) is 0. The first-order chi connectivity index (χ1) is 25.5. The van der Waals surface area contributed by atoms with E-state index in [1.165, 1.54) is 24.3 Å². The topological polar surface area (TPSA) is 219 Å². The molecule has 0 radical (unpaired) electrons. The zero-order chi connectivity index (χ0) is 41.0. The molecule has 0 bridgehead atoms. The highest BCUT2D eigenvalue weighted by atomic mass is 32.2. The van der Waals surface area contributed by atoms with Crippen molar-refractivity contribution in [2.45, 2.75) is 87.3 Å². The van der Waals surface area contributed by atoms with E-state index in [1.807, 2.05) is 76.0 Å². The molecule has 0 spiro atoms. The molecule has 0 aromatic heterocycles. The summed E-state index contributed by atoms with van der Waals surface area (Å²) in [7, 11) is -13.3. The third-order valence-corrected chi connectivity index (χ3v) is 12.7. The van der Waals surface area contributed by atoms with Crippen molar-refractivity contribution in [2.24, 2.45) is 0 Å². The maximum atomic E-state index is 12.0. The van der Waals surface area contributed by atoms with E-state index in [9.17, 15) is 43.1 Å². The zero-order valence-electron chi connectivity index (χ0n) is 31.3. The predicted octanol–water partition coefficient (Wildman–Crippen LogP) is 5.95. The fourth-order valence-corrected chi connectivity index (χ4v) is 8.81. The highest BCUT2D eigenvalue weighted by molar-refractivity contribution is 7.86. The molecular weight excluding hydrogens is 793 g/mol. The number of rotatable bonds is 18. The summed E-state index contributed by atoms with van der Waals surface area (Å²) < 4.78 is 128. The van der Waals surface area contributed by atoms with Crippen molar-refractivity contribution in [3.8, 4) is 0 Å². The Kier molecular flexibility index (Phi) is 14.1. The predicted molar refractivity (Wildman–Crippen MR) is 210 cm³/mol. The lowest BCUT2D eigenvalue weighted by molar-refractivity contribution is -0.438. The third kappa shape index (κ3) is 11.0. The van der Waals surface area contributed by atoms with Gasteiger partial charge in [-0.05, 0) is 87.1 Å². The molecule has 55 heavy (non-hydrogen) atoms. The Labute approximate surface area is 326 Å². The Bertz CT molecular complexity index is 2310. The van der Waals surface area contributed by atoms with Gasteiger partial charge in [0.25, 0.3) is 20.2 Å². The second-order valence-corrected chi connectivity index (χ2v) is 19.4. The van der Waals surface area contributed by atoms with Crippen LogP contribution in [0.25, 0.3) is 0 Å². The molecule has 0 aliphatic carbocycles. The molecule has 18 heteroatoms. The van der Waals surface area contributed by atoms with Crippen molar-refractivity contribution in [1.82, 2.24) is 0 Å². The standard InChI is InChI=1S/C37H48N2O12S4/c1-6-27(13-11-15-34-36(2,3)30-25-28(54(45,46)47)17-19-32(30)38(34)21-7-9-23-51-52(40)41)14-12-16-35-37(4,5)31-26-29(55(48,49)50)18-20-33(31)39(35)22-8-10-24-53(42,43)44/h11-20,25-26H,6-10,21-24H2,1-5H3,(H3-,40,41,42,43,44,45,46,47,48,49,50).